The third kappa shape index (κ3) is 5.96. The lowest BCUT2D eigenvalue weighted by atomic mass is 10.1. The number of hydrogen-bond acceptors (Lipinski definition) is 5. The average molecular weight is 375 g/mol. The standard InChI is InChI=1S/C21H29NO5/c1-20(2,3)27-19(24)22-17(15-26-21(22,4)5)18(12-9-13-23)25-14-16-10-7-6-8-11-16/h6-8,10-11,17-18,23H,13-15H2,1-5H3/t17-,18+/m0/s1. The van der Waals surface area contributed by atoms with Crippen molar-refractivity contribution in [1.82, 2.24) is 4.90 Å². The first-order chi connectivity index (χ1) is 12.6. The number of carbonyl (C=O) groups excluding carboxylic acids is 1. The molecular weight excluding hydrogens is 346 g/mol. The second kappa shape index (κ2) is 8.75. The molecule has 6 nitrogen and oxygen atoms in total. The van der Waals surface area contributed by atoms with Gasteiger partial charge in [-0.1, -0.05) is 42.2 Å². The second-order valence-corrected chi connectivity index (χ2v) is 7.87. The van der Waals surface area contributed by atoms with E-state index in [-0.39, 0.29) is 13.2 Å². The summed E-state index contributed by atoms with van der Waals surface area (Å²) in [6, 6.07) is 9.26. The Bertz CT molecular complexity index is 684. The largest absolute Gasteiger partial charge is 0.444 e. The van der Waals surface area contributed by atoms with Crippen molar-refractivity contribution in [3.63, 3.8) is 0 Å². The molecule has 1 saturated heterocycles. The number of aliphatic hydroxyl groups excluding tert-OH is 1. The van der Waals surface area contributed by atoms with Gasteiger partial charge in [0.05, 0.1) is 19.3 Å². The molecule has 1 aliphatic heterocycles. The fraction of sp³-hybridized carbons (Fsp3) is 0.571. The minimum atomic E-state index is -0.845. The van der Waals surface area contributed by atoms with Crippen molar-refractivity contribution in [3.05, 3.63) is 35.9 Å². The molecule has 0 aliphatic carbocycles. The highest BCUT2D eigenvalue weighted by molar-refractivity contribution is 5.70. The lowest BCUT2D eigenvalue weighted by Gasteiger charge is -2.36. The maximum absolute atomic E-state index is 12.8. The third-order valence-corrected chi connectivity index (χ3v) is 4.05. The summed E-state index contributed by atoms with van der Waals surface area (Å²) in [6.07, 6.45) is -1.10. The normalized spacial score (nSPS) is 19.9. The summed E-state index contributed by atoms with van der Waals surface area (Å²) in [5, 5.41) is 9.11. The zero-order chi connectivity index (χ0) is 20.1. The fourth-order valence-electron chi connectivity index (χ4n) is 2.88. The molecule has 1 fully saturated rings. The summed E-state index contributed by atoms with van der Waals surface area (Å²) in [7, 11) is 0. The summed E-state index contributed by atoms with van der Waals surface area (Å²) in [4.78, 5) is 14.4. The van der Waals surface area contributed by atoms with E-state index in [1.807, 2.05) is 65.0 Å². The molecule has 1 aromatic carbocycles. The zero-order valence-corrected chi connectivity index (χ0v) is 16.7. The number of rotatable bonds is 4. The number of hydrogen-bond donors (Lipinski definition) is 1. The van der Waals surface area contributed by atoms with E-state index in [1.165, 1.54) is 0 Å². The predicted octanol–water partition coefficient (Wildman–Crippen LogP) is 2.94. The monoisotopic (exact) mass is 375 g/mol. The van der Waals surface area contributed by atoms with Gasteiger partial charge in [-0.15, -0.1) is 0 Å². The van der Waals surface area contributed by atoms with Crippen molar-refractivity contribution in [2.75, 3.05) is 13.2 Å². The molecule has 1 N–H and O–H groups in total. The molecule has 2 atom stereocenters. The zero-order valence-electron chi connectivity index (χ0n) is 16.7. The fourth-order valence-corrected chi connectivity index (χ4v) is 2.88. The lowest BCUT2D eigenvalue weighted by Crippen LogP contribution is -2.53. The van der Waals surface area contributed by atoms with E-state index >= 15 is 0 Å². The highest BCUT2D eigenvalue weighted by Crippen LogP contribution is 2.32. The van der Waals surface area contributed by atoms with Crippen molar-refractivity contribution >= 4 is 6.09 Å². The molecule has 0 aromatic heterocycles. The summed E-state index contributed by atoms with van der Waals surface area (Å²) in [5.41, 5.74) is -0.477. The third-order valence-electron chi connectivity index (χ3n) is 4.05. The summed E-state index contributed by atoms with van der Waals surface area (Å²) in [6.45, 7) is 9.40. The minimum absolute atomic E-state index is 0.270. The Balaban J connectivity index is 2.22. The SMILES string of the molecule is CC(C)(C)OC(=O)N1[C@H]([C@@H](C#CCO)OCc2ccccc2)COC1(C)C. The maximum atomic E-state index is 12.8. The molecule has 27 heavy (non-hydrogen) atoms. The van der Waals surface area contributed by atoms with Crippen LogP contribution in [0.2, 0.25) is 0 Å². The van der Waals surface area contributed by atoms with Crippen LogP contribution in [0.3, 0.4) is 0 Å². The maximum Gasteiger partial charge on any atom is 0.413 e. The van der Waals surface area contributed by atoms with Crippen LogP contribution in [0.25, 0.3) is 0 Å². The van der Waals surface area contributed by atoms with Crippen molar-refractivity contribution in [3.8, 4) is 11.8 Å². The van der Waals surface area contributed by atoms with Crippen molar-refractivity contribution < 1.29 is 24.1 Å². The van der Waals surface area contributed by atoms with Gasteiger partial charge in [-0.2, -0.15) is 0 Å². The smallest absolute Gasteiger partial charge is 0.413 e. The number of benzene rings is 1. The molecule has 0 radical (unpaired) electrons. The molecule has 6 heteroatoms. The van der Waals surface area contributed by atoms with Crippen LogP contribution in [0, 0.1) is 11.8 Å². The Kier molecular flexibility index (Phi) is 6.88. The van der Waals surface area contributed by atoms with Crippen LogP contribution >= 0.6 is 0 Å². The van der Waals surface area contributed by atoms with Gasteiger partial charge < -0.3 is 19.3 Å². The van der Waals surface area contributed by atoms with Crippen molar-refractivity contribution in [2.24, 2.45) is 0 Å². The van der Waals surface area contributed by atoms with Crippen LogP contribution in [-0.2, 0) is 20.8 Å². The van der Waals surface area contributed by atoms with E-state index in [4.69, 9.17) is 19.3 Å². The number of nitrogens with zero attached hydrogens (tertiary/aromatic N) is 1. The number of amides is 1. The Labute approximate surface area is 161 Å². The van der Waals surface area contributed by atoms with E-state index in [0.717, 1.165) is 5.56 Å². The molecule has 0 bridgehead atoms. The van der Waals surface area contributed by atoms with E-state index in [0.29, 0.717) is 6.61 Å². The summed E-state index contributed by atoms with van der Waals surface area (Å²) < 4.78 is 17.4. The second-order valence-electron chi connectivity index (χ2n) is 7.87. The first-order valence-electron chi connectivity index (χ1n) is 9.05. The van der Waals surface area contributed by atoms with Gasteiger partial charge in [0.1, 0.15) is 24.0 Å². The van der Waals surface area contributed by atoms with Gasteiger partial charge in [-0.25, -0.2) is 4.79 Å². The number of aliphatic hydroxyl groups is 1. The van der Waals surface area contributed by atoms with Gasteiger partial charge in [0.2, 0.25) is 0 Å². The molecule has 1 aliphatic rings. The van der Waals surface area contributed by atoms with Crippen molar-refractivity contribution in [2.45, 2.75) is 64.7 Å². The quantitative estimate of drug-likeness (QED) is 0.820. The van der Waals surface area contributed by atoms with Gasteiger partial charge in [0, 0.05) is 0 Å². The first kappa shape index (κ1) is 21.2. The Morgan fingerprint density at radius 1 is 1.37 bits per heavy atom. The van der Waals surface area contributed by atoms with Gasteiger partial charge >= 0.3 is 6.09 Å². The van der Waals surface area contributed by atoms with Gasteiger partial charge in [-0.05, 0) is 40.2 Å². The number of ether oxygens (including phenoxy) is 3. The highest BCUT2D eigenvalue weighted by Gasteiger charge is 2.48. The Morgan fingerprint density at radius 2 is 2.04 bits per heavy atom. The molecule has 1 amide bonds. The topological polar surface area (TPSA) is 68.2 Å². The first-order valence-corrected chi connectivity index (χ1v) is 9.05. The Hall–Kier alpha value is -2.07. The van der Waals surface area contributed by atoms with Crippen molar-refractivity contribution in [1.29, 1.82) is 0 Å². The molecule has 148 valence electrons. The van der Waals surface area contributed by atoms with E-state index < -0.39 is 29.6 Å². The summed E-state index contributed by atoms with van der Waals surface area (Å²) >= 11 is 0. The Morgan fingerprint density at radius 3 is 2.63 bits per heavy atom. The summed E-state index contributed by atoms with van der Waals surface area (Å²) in [5.74, 6) is 5.56. The van der Waals surface area contributed by atoms with E-state index in [9.17, 15) is 4.79 Å². The molecule has 0 spiro atoms. The predicted molar refractivity (Wildman–Crippen MR) is 102 cm³/mol. The van der Waals surface area contributed by atoms with Crippen LogP contribution in [0.5, 0.6) is 0 Å². The van der Waals surface area contributed by atoms with Crippen LogP contribution in [0.1, 0.15) is 40.2 Å². The molecule has 1 heterocycles. The van der Waals surface area contributed by atoms with Gasteiger partial charge in [0.25, 0.3) is 0 Å². The van der Waals surface area contributed by atoms with Gasteiger partial charge in [-0.3, -0.25) is 4.90 Å². The number of carbonyl (C=O) groups is 1. The molecule has 1 aromatic rings. The minimum Gasteiger partial charge on any atom is -0.444 e. The van der Waals surface area contributed by atoms with Gasteiger partial charge in [0.15, 0.2) is 0 Å². The van der Waals surface area contributed by atoms with E-state index in [1.54, 1.807) is 4.90 Å². The average Bonchev–Trinajstić information content (AvgIpc) is 2.89. The molecule has 0 saturated carbocycles. The van der Waals surface area contributed by atoms with Crippen LogP contribution in [0.4, 0.5) is 4.79 Å². The molecule has 2 rings (SSSR count). The van der Waals surface area contributed by atoms with Crippen LogP contribution in [0.15, 0.2) is 30.3 Å². The van der Waals surface area contributed by atoms with Crippen LogP contribution in [-0.4, -0.2) is 52.8 Å². The lowest BCUT2D eigenvalue weighted by molar-refractivity contribution is -0.0692. The molecular formula is C21H29NO5. The van der Waals surface area contributed by atoms with Crippen LogP contribution < -0.4 is 0 Å². The molecule has 0 unspecified atom stereocenters. The van der Waals surface area contributed by atoms with E-state index in [2.05, 4.69) is 11.8 Å². The highest BCUT2D eigenvalue weighted by atomic mass is 16.6.